The zero-order valence-corrected chi connectivity index (χ0v) is 16.8. The zero-order chi connectivity index (χ0) is 21.2. The third-order valence-corrected chi connectivity index (χ3v) is 4.12. The first-order valence-corrected chi connectivity index (χ1v) is 9.19. The van der Waals surface area contributed by atoms with Gasteiger partial charge in [-0.3, -0.25) is 4.79 Å². The molecule has 0 aliphatic carbocycles. The highest BCUT2D eigenvalue weighted by Crippen LogP contribution is 2.34. The average Bonchev–Trinajstić information content (AvgIpc) is 2.70. The zero-order valence-electron chi connectivity index (χ0n) is 16.0. The second kappa shape index (κ2) is 10.9. The van der Waals surface area contributed by atoms with Gasteiger partial charge in [-0.15, -0.1) is 0 Å². The molecule has 2 aromatic rings. The van der Waals surface area contributed by atoms with E-state index in [9.17, 15) is 14.7 Å². The fourth-order valence-electron chi connectivity index (χ4n) is 2.49. The number of nitrogens with zero attached hydrogens (tertiary/aromatic N) is 1. The van der Waals surface area contributed by atoms with Crippen molar-refractivity contribution in [3.8, 4) is 11.5 Å². The van der Waals surface area contributed by atoms with Crippen molar-refractivity contribution in [1.82, 2.24) is 10.7 Å². The normalized spacial score (nSPS) is 11.7. The monoisotopic (exact) mass is 419 g/mol. The highest BCUT2D eigenvalue weighted by atomic mass is 35.5. The molecule has 2 aromatic carbocycles. The number of carbonyl (C=O) groups excluding carboxylic acids is 2. The number of alkyl carbamates (subject to hydrolysis) is 1. The SMILES string of the molecule is CCOC(=O)N[C@@H](CC(=O)N/N=C\c1cc(Cl)c(O)c(OC)c1)c1ccccc1. The Bertz CT molecular complexity index is 874. The van der Waals surface area contributed by atoms with Crippen molar-refractivity contribution in [3.05, 3.63) is 58.6 Å². The van der Waals surface area contributed by atoms with Gasteiger partial charge in [0.05, 0.1) is 37.4 Å². The minimum atomic E-state index is -0.608. The molecule has 0 radical (unpaired) electrons. The summed E-state index contributed by atoms with van der Waals surface area (Å²) in [6.07, 6.45) is 0.713. The van der Waals surface area contributed by atoms with Crippen molar-refractivity contribution in [2.45, 2.75) is 19.4 Å². The summed E-state index contributed by atoms with van der Waals surface area (Å²) < 4.78 is 9.92. The molecule has 0 aromatic heterocycles. The summed E-state index contributed by atoms with van der Waals surface area (Å²) in [5.74, 6) is -0.400. The van der Waals surface area contributed by atoms with Crippen LogP contribution in [0, 0.1) is 0 Å². The molecule has 1 atom stereocenters. The number of benzene rings is 2. The van der Waals surface area contributed by atoms with E-state index in [4.69, 9.17) is 21.1 Å². The van der Waals surface area contributed by atoms with Crippen LogP contribution in [0.1, 0.15) is 30.5 Å². The lowest BCUT2D eigenvalue weighted by molar-refractivity contribution is -0.121. The number of phenols is 1. The fourth-order valence-corrected chi connectivity index (χ4v) is 2.71. The second-order valence-corrected chi connectivity index (χ2v) is 6.29. The van der Waals surface area contributed by atoms with Crippen molar-refractivity contribution < 1.29 is 24.2 Å². The summed E-state index contributed by atoms with van der Waals surface area (Å²) in [5, 5.41) is 16.4. The maximum Gasteiger partial charge on any atom is 0.407 e. The number of hydrogen-bond acceptors (Lipinski definition) is 6. The van der Waals surface area contributed by atoms with Gasteiger partial charge in [0.15, 0.2) is 11.5 Å². The van der Waals surface area contributed by atoms with Crippen molar-refractivity contribution >= 4 is 29.8 Å². The fraction of sp³-hybridized carbons (Fsp3) is 0.250. The van der Waals surface area contributed by atoms with E-state index in [0.717, 1.165) is 5.56 Å². The van der Waals surface area contributed by atoms with E-state index < -0.39 is 18.0 Å². The molecule has 3 N–H and O–H groups in total. The van der Waals surface area contributed by atoms with Crippen LogP contribution in [0.25, 0.3) is 0 Å². The number of amides is 2. The maximum atomic E-state index is 12.3. The third-order valence-electron chi connectivity index (χ3n) is 3.83. The van der Waals surface area contributed by atoms with Gasteiger partial charge in [-0.1, -0.05) is 41.9 Å². The van der Waals surface area contributed by atoms with E-state index in [1.807, 2.05) is 18.2 Å². The largest absolute Gasteiger partial charge is 0.503 e. The highest BCUT2D eigenvalue weighted by Gasteiger charge is 2.18. The van der Waals surface area contributed by atoms with E-state index in [1.165, 1.54) is 25.5 Å². The van der Waals surface area contributed by atoms with E-state index in [-0.39, 0.29) is 29.5 Å². The van der Waals surface area contributed by atoms with Crippen LogP contribution in [-0.2, 0) is 9.53 Å². The molecule has 0 heterocycles. The Balaban J connectivity index is 2.03. The molecule has 9 heteroatoms. The number of aromatic hydroxyl groups is 1. The summed E-state index contributed by atoms with van der Waals surface area (Å²) in [7, 11) is 1.40. The minimum Gasteiger partial charge on any atom is -0.503 e. The molecular weight excluding hydrogens is 398 g/mol. The molecule has 0 bridgehead atoms. The van der Waals surface area contributed by atoms with Crippen molar-refractivity contribution in [1.29, 1.82) is 0 Å². The highest BCUT2D eigenvalue weighted by molar-refractivity contribution is 6.32. The van der Waals surface area contributed by atoms with E-state index >= 15 is 0 Å². The van der Waals surface area contributed by atoms with Gasteiger partial charge < -0.3 is 19.9 Å². The first kappa shape index (κ1) is 22.0. The van der Waals surface area contributed by atoms with Gasteiger partial charge in [-0.25, -0.2) is 10.2 Å². The van der Waals surface area contributed by atoms with Gasteiger partial charge in [0, 0.05) is 0 Å². The lowest BCUT2D eigenvalue weighted by Gasteiger charge is -2.18. The smallest absolute Gasteiger partial charge is 0.407 e. The van der Waals surface area contributed by atoms with Crippen LogP contribution in [0.4, 0.5) is 4.79 Å². The van der Waals surface area contributed by atoms with Crippen molar-refractivity contribution in [2.24, 2.45) is 5.10 Å². The summed E-state index contributed by atoms with van der Waals surface area (Å²) in [6, 6.07) is 11.5. The molecular formula is C20H22ClN3O5. The molecule has 0 unspecified atom stereocenters. The molecule has 0 aliphatic heterocycles. The number of rotatable bonds is 8. The van der Waals surface area contributed by atoms with Crippen molar-refractivity contribution in [3.63, 3.8) is 0 Å². The Labute approximate surface area is 173 Å². The molecule has 8 nitrogen and oxygen atoms in total. The molecule has 29 heavy (non-hydrogen) atoms. The number of carbonyl (C=O) groups is 2. The first-order chi connectivity index (χ1) is 13.9. The van der Waals surface area contributed by atoms with Crippen LogP contribution in [0.5, 0.6) is 11.5 Å². The number of nitrogens with one attached hydrogen (secondary N) is 2. The number of phenolic OH excluding ortho intramolecular Hbond substituents is 1. The number of ether oxygens (including phenoxy) is 2. The molecule has 154 valence electrons. The lowest BCUT2D eigenvalue weighted by atomic mass is 10.0. The summed E-state index contributed by atoms with van der Waals surface area (Å²) in [4.78, 5) is 24.1. The molecule has 0 saturated carbocycles. The Morgan fingerprint density at radius 3 is 2.66 bits per heavy atom. The van der Waals surface area contributed by atoms with Crippen molar-refractivity contribution in [2.75, 3.05) is 13.7 Å². The van der Waals surface area contributed by atoms with Gasteiger partial charge in [0.2, 0.25) is 5.91 Å². The van der Waals surface area contributed by atoms with Gasteiger partial charge >= 0.3 is 6.09 Å². The second-order valence-electron chi connectivity index (χ2n) is 5.88. The number of methoxy groups -OCH3 is 1. The molecule has 2 rings (SSSR count). The van der Waals surface area contributed by atoms with Crippen LogP contribution in [-0.4, -0.2) is 37.0 Å². The molecule has 0 aliphatic rings. The Morgan fingerprint density at radius 2 is 2.00 bits per heavy atom. The Kier molecular flexibility index (Phi) is 8.29. The lowest BCUT2D eigenvalue weighted by Crippen LogP contribution is -2.33. The standard InChI is InChI=1S/C20H22ClN3O5/c1-3-29-20(27)23-16(14-7-5-4-6-8-14)11-18(25)24-22-12-13-9-15(21)19(26)17(10-13)28-2/h4-10,12,16,26H,3,11H2,1-2H3,(H,23,27)(H,24,25)/b22-12-/t16-/m0/s1. The molecule has 0 fully saturated rings. The molecule has 0 saturated heterocycles. The Hall–Kier alpha value is -3.26. The van der Waals surface area contributed by atoms with Crippen LogP contribution < -0.4 is 15.5 Å². The summed E-state index contributed by atoms with van der Waals surface area (Å²) in [6.45, 7) is 1.92. The van der Waals surface area contributed by atoms with Crippen LogP contribution in [0.3, 0.4) is 0 Å². The number of hydrogen-bond donors (Lipinski definition) is 3. The summed E-state index contributed by atoms with van der Waals surface area (Å²) in [5.41, 5.74) is 3.68. The van der Waals surface area contributed by atoms with E-state index in [2.05, 4.69) is 15.8 Å². The van der Waals surface area contributed by atoms with Gasteiger partial charge in [0.1, 0.15) is 0 Å². The first-order valence-electron chi connectivity index (χ1n) is 8.81. The topological polar surface area (TPSA) is 109 Å². The minimum absolute atomic E-state index is 0.0418. The van der Waals surface area contributed by atoms with Gasteiger partial charge in [-0.05, 0) is 30.2 Å². The van der Waals surface area contributed by atoms with Crippen LogP contribution in [0.2, 0.25) is 5.02 Å². The van der Waals surface area contributed by atoms with E-state index in [0.29, 0.717) is 5.56 Å². The van der Waals surface area contributed by atoms with E-state index in [1.54, 1.807) is 19.1 Å². The summed E-state index contributed by atoms with van der Waals surface area (Å²) >= 11 is 5.92. The number of hydrazone groups is 1. The van der Waals surface area contributed by atoms with Crippen LogP contribution in [0.15, 0.2) is 47.6 Å². The Morgan fingerprint density at radius 1 is 1.28 bits per heavy atom. The average molecular weight is 420 g/mol. The molecule has 2 amide bonds. The molecule has 0 spiro atoms. The van der Waals surface area contributed by atoms with Gasteiger partial charge in [-0.2, -0.15) is 5.10 Å². The van der Waals surface area contributed by atoms with Gasteiger partial charge in [0.25, 0.3) is 0 Å². The predicted octanol–water partition coefficient (Wildman–Crippen LogP) is 3.38. The quantitative estimate of drug-likeness (QED) is 0.449. The predicted molar refractivity (Wildman–Crippen MR) is 109 cm³/mol. The number of halogens is 1. The third kappa shape index (κ3) is 6.69. The van der Waals surface area contributed by atoms with Crippen LogP contribution >= 0.6 is 11.6 Å². The maximum absolute atomic E-state index is 12.3.